The zero-order valence-corrected chi connectivity index (χ0v) is 14.1. The number of thiazole rings is 1. The zero-order valence-electron chi connectivity index (χ0n) is 12.4. The quantitative estimate of drug-likeness (QED) is 0.892. The van der Waals surface area contributed by atoms with Crippen molar-refractivity contribution in [2.24, 2.45) is 0 Å². The smallest absolute Gasteiger partial charge is 0.274 e. The fraction of sp³-hybridized carbons (Fsp3) is 0.333. The molecule has 1 aliphatic rings. The van der Waals surface area contributed by atoms with Gasteiger partial charge in [0.05, 0.1) is 16.9 Å². The first kappa shape index (κ1) is 15.9. The van der Waals surface area contributed by atoms with Crippen LogP contribution in [0, 0.1) is 0 Å². The Balaban J connectivity index is 1.68. The first-order valence-corrected chi connectivity index (χ1v) is 9.73. The molecule has 1 aliphatic heterocycles. The molecule has 0 fully saturated rings. The normalized spacial score (nSPS) is 14.3. The van der Waals surface area contributed by atoms with E-state index < -0.39 is 16.1 Å². The Morgan fingerprint density at radius 3 is 2.96 bits per heavy atom. The monoisotopic (exact) mass is 351 g/mol. The van der Waals surface area contributed by atoms with Crippen molar-refractivity contribution in [3.05, 3.63) is 46.4 Å². The molecular formula is C15H17N3O3S2. The van der Waals surface area contributed by atoms with Gasteiger partial charge in [0.15, 0.2) is 0 Å². The third-order valence-electron chi connectivity index (χ3n) is 3.69. The third kappa shape index (κ3) is 3.70. The number of fused-ring (bicyclic) bond motifs is 1. The minimum atomic E-state index is -3.87. The summed E-state index contributed by atoms with van der Waals surface area (Å²) in [5.41, 5.74) is 4.12. The van der Waals surface area contributed by atoms with Crippen LogP contribution in [0.2, 0.25) is 0 Å². The highest BCUT2D eigenvalue weighted by Gasteiger charge is 2.28. The van der Waals surface area contributed by atoms with Crippen LogP contribution in [0.3, 0.4) is 0 Å². The number of carbonyl (C=O) groups excluding carboxylic acids is 1. The van der Waals surface area contributed by atoms with Crippen molar-refractivity contribution in [3.8, 4) is 0 Å². The lowest BCUT2D eigenvalue weighted by atomic mass is 10.0. The lowest BCUT2D eigenvalue weighted by molar-refractivity contribution is -0.119. The maximum Gasteiger partial charge on any atom is 0.326 e. The van der Waals surface area contributed by atoms with Gasteiger partial charge in [-0.05, 0) is 30.9 Å². The maximum absolute atomic E-state index is 12.5. The van der Waals surface area contributed by atoms with Gasteiger partial charge >= 0.3 is 10.2 Å². The Morgan fingerprint density at radius 2 is 2.17 bits per heavy atom. The topological polar surface area (TPSA) is 79.4 Å². The summed E-state index contributed by atoms with van der Waals surface area (Å²) in [4.78, 5) is 16.1. The van der Waals surface area contributed by atoms with E-state index in [9.17, 15) is 13.2 Å². The summed E-state index contributed by atoms with van der Waals surface area (Å²) in [5, 5.41) is 1.85. The minimum absolute atomic E-state index is 0.0957. The van der Waals surface area contributed by atoms with Gasteiger partial charge in [0.25, 0.3) is 0 Å². The summed E-state index contributed by atoms with van der Waals surface area (Å²) in [6.45, 7) is 0.381. The molecule has 3 rings (SSSR count). The number of nitrogens with one attached hydrogen (secondary N) is 1. The van der Waals surface area contributed by atoms with Crippen LogP contribution < -0.4 is 9.03 Å². The van der Waals surface area contributed by atoms with Crippen LogP contribution in [-0.2, 0) is 27.8 Å². The summed E-state index contributed by atoms with van der Waals surface area (Å²) >= 11 is 1.45. The van der Waals surface area contributed by atoms with Crippen LogP contribution in [-0.4, -0.2) is 25.9 Å². The van der Waals surface area contributed by atoms with E-state index in [1.165, 1.54) is 15.6 Å². The van der Waals surface area contributed by atoms with Crippen LogP contribution in [0.1, 0.15) is 24.1 Å². The van der Waals surface area contributed by atoms with E-state index >= 15 is 0 Å². The van der Waals surface area contributed by atoms with Gasteiger partial charge in [0.1, 0.15) is 0 Å². The molecule has 0 spiro atoms. The van der Waals surface area contributed by atoms with E-state index in [0.29, 0.717) is 18.7 Å². The number of benzene rings is 1. The van der Waals surface area contributed by atoms with Crippen molar-refractivity contribution in [2.75, 3.05) is 10.8 Å². The number of aromatic nitrogens is 1. The van der Waals surface area contributed by atoms with Gasteiger partial charge in [-0.25, -0.2) is 9.71 Å². The van der Waals surface area contributed by atoms with E-state index in [4.69, 9.17) is 0 Å². The average Bonchev–Trinajstić information content (AvgIpc) is 3.05. The fourth-order valence-electron chi connectivity index (χ4n) is 2.60. The average molecular weight is 351 g/mol. The van der Waals surface area contributed by atoms with Gasteiger partial charge in [-0.15, -0.1) is 11.3 Å². The van der Waals surface area contributed by atoms with Crippen LogP contribution in [0.4, 0.5) is 5.69 Å². The second kappa shape index (κ2) is 6.67. The molecule has 0 aliphatic carbocycles. The Hall–Kier alpha value is -1.93. The van der Waals surface area contributed by atoms with Gasteiger partial charge in [-0.2, -0.15) is 8.42 Å². The molecule has 0 atom stereocenters. The molecule has 0 unspecified atom stereocenters. The molecule has 6 nitrogen and oxygen atoms in total. The number of carbonyl (C=O) groups is 1. The highest BCUT2D eigenvalue weighted by Crippen LogP contribution is 2.28. The summed E-state index contributed by atoms with van der Waals surface area (Å²) in [5.74, 6) is -0.513. The fourth-order valence-corrected chi connectivity index (χ4v) is 4.50. The number of rotatable bonds is 5. The molecule has 1 aromatic heterocycles. The van der Waals surface area contributed by atoms with Gasteiger partial charge in [0, 0.05) is 18.3 Å². The van der Waals surface area contributed by atoms with Crippen LogP contribution >= 0.6 is 11.3 Å². The van der Waals surface area contributed by atoms with Crippen LogP contribution in [0.25, 0.3) is 0 Å². The van der Waals surface area contributed by atoms with E-state index in [1.807, 2.05) is 17.5 Å². The number of amides is 1. The molecule has 0 bridgehead atoms. The molecule has 2 heterocycles. The van der Waals surface area contributed by atoms with Crippen molar-refractivity contribution in [3.63, 3.8) is 0 Å². The first-order valence-electron chi connectivity index (χ1n) is 7.34. The molecule has 1 N–H and O–H groups in total. The Bertz CT molecular complexity index is 788. The number of nitrogens with zero attached hydrogens (tertiary/aromatic N) is 2. The first-order chi connectivity index (χ1) is 11.1. The van der Waals surface area contributed by atoms with Crippen molar-refractivity contribution >= 4 is 33.1 Å². The lowest BCUT2D eigenvalue weighted by Gasteiger charge is -2.30. The molecule has 2 aromatic rings. The maximum atomic E-state index is 12.5. The zero-order chi connectivity index (χ0) is 16.3. The predicted molar refractivity (Wildman–Crippen MR) is 89.6 cm³/mol. The number of hydrogen-bond donors (Lipinski definition) is 1. The molecule has 122 valence electrons. The highest BCUT2D eigenvalue weighted by molar-refractivity contribution is 7.91. The van der Waals surface area contributed by atoms with Crippen LogP contribution in [0.15, 0.2) is 35.2 Å². The van der Waals surface area contributed by atoms with Crippen molar-refractivity contribution in [1.82, 2.24) is 9.71 Å². The molecule has 23 heavy (non-hydrogen) atoms. The van der Waals surface area contributed by atoms with Gasteiger partial charge in [0.2, 0.25) is 5.91 Å². The number of para-hydroxylation sites is 1. The summed E-state index contributed by atoms with van der Waals surface area (Å²) < 4.78 is 28.4. The van der Waals surface area contributed by atoms with E-state index in [1.54, 1.807) is 17.6 Å². The third-order valence-corrected chi connectivity index (χ3v) is 5.77. The Kier molecular flexibility index (Phi) is 4.63. The van der Waals surface area contributed by atoms with Gasteiger partial charge in [-0.3, -0.25) is 9.10 Å². The molecule has 1 amide bonds. The Labute approximate surface area is 139 Å². The van der Waals surface area contributed by atoms with E-state index in [-0.39, 0.29) is 6.42 Å². The molecule has 1 aromatic carbocycles. The number of hydrogen-bond acceptors (Lipinski definition) is 5. The van der Waals surface area contributed by atoms with Gasteiger partial charge < -0.3 is 0 Å². The van der Waals surface area contributed by atoms with Crippen molar-refractivity contribution in [2.45, 2.75) is 25.7 Å². The second-order valence-corrected chi connectivity index (χ2v) is 7.63. The summed E-state index contributed by atoms with van der Waals surface area (Å²) in [6, 6.07) is 7.38. The Morgan fingerprint density at radius 1 is 1.35 bits per heavy atom. The standard InChI is InChI=1S/C15H17N3O3S2/c19-15(8-7-13-10-22-11-16-13)17-23(20,21)18-9-3-5-12-4-1-2-6-14(12)18/h1-2,4,6,10-11H,3,5,7-9H2,(H,17,19). The van der Waals surface area contributed by atoms with E-state index in [2.05, 4.69) is 9.71 Å². The van der Waals surface area contributed by atoms with Crippen LogP contribution in [0.5, 0.6) is 0 Å². The minimum Gasteiger partial charge on any atom is -0.274 e. The number of anilines is 1. The van der Waals surface area contributed by atoms with Crippen molar-refractivity contribution < 1.29 is 13.2 Å². The van der Waals surface area contributed by atoms with E-state index in [0.717, 1.165) is 24.1 Å². The summed E-state index contributed by atoms with van der Waals surface area (Å²) in [6.07, 6.45) is 2.12. The molecule has 0 radical (unpaired) electrons. The molecule has 0 saturated carbocycles. The van der Waals surface area contributed by atoms with Crippen molar-refractivity contribution in [1.29, 1.82) is 0 Å². The molecular weight excluding hydrogens is 334 g/mol. The lowest BCUT2D eigenvalue weighted by Crippen LogP contribution is -2.45. The number of aryl methyl sites for hydroxylation is 2. The second-order valence-electron chi connectivity index (χ2n) is 5.31. The highest BCUT2D eigenvalue weighted by atomic mass is 32.2. The SMILES string of the molecule is O=C(CCc1cscn1)NS(=O)(=O)N1CCCc2ccccc21. The largest absolute Gasteiger partial charge is 0.326 e. The predicted octanol–water partition coefficient (Wildman–Crippen LogP) is 1.89. The molecule has 8 heteroatoms. The molecule has 0 saturated heterocycles. The summed E-state index contributed by atoms with van der Waals surface area (Å²) in [7, 11) is -3.87. The van der Waals surface area contributed by atoms with Gasteiger partial charge in [-0.1, -0.05) is 18.2 Å².